The molecule has 2 heterocycles. The van der Waals surface area contributed by atoms with Crippen LogP contribution in [0.5, 0.6) is 0 Å². The highest BCUT2D eigenvalue weighted by Gasteiger charge is 2.39. The molecule has 1 fully saturated rings. The maximum Gasteiger partial charge on any atom is 0.470 e. The van der Waals surface area contributed by atoms with Crippen molar-refractivity contribution in [2.24, 2.45) is 0 Å². The SMILES string of the molecule is O=C(Nc1ccc(Cl)cc1)N1CCCC(c2nnc(C(F)(F)F)o2)C1. The van der Waals surface area contributed by atoms with E-state index in [1.54, 1.807) is 24.3 Å². The first-order chi connectivity index (χ1) is 11.8. The molecule has 1 aliphatic heterocycles. The number of rotatable bonds is 2. The second kappa shape index (κ2) is 6.91. The predicted octanol–water partition coefficient (Wildman–Crippen LogP) is 4.15. The first-order valence-electron chi connectivity index (χ1n) is 7.55. The number of carbonyl (C=O) groups excluding carboxylic acids is 1. The van der Waals surface area contributed by atoms with Gasteiger partial charge in [0.1, 0.15) is 0 Å². The quantitative estimate of drug-likeness (QED) is 0.857. The summed E-state index contributed by atoms with van der Waals surface area (Å²) < 4.78 is 42.4. The number of anilines is 1. The van der Waals surface area contributed by atoms with E-state index in [2.05, 4.69) is 15.5 Å². The van der Waals surface area contributed by atoms with Crippen LogP contribution < -0.4 is 5.32 Å². The molecule has 6 nitrogen and oxygen atoms in total. The van der Waals surface area contributed by atoms with Crippen LogP contribution in [-0.4, -0.2) is 34.2 Å². The van der Waals surface area contributed by atoms with Crippen molar-refractivity contribution in [1.29, 1.82) is 0 Å². The fourth-order valence-electron chi connectivity index (χ4n) is 2.61. The summed E-state index contributed by atoms with van der Waals surface area (Å²) in [5.41, 5.74) is 0.577. The molecule has 2 aromatic rings. The zero-order valence-corrected chi connectivity index (χ0v) is 13.6. The van der Waals surface area contributed by atoms with Gasteiger partial charge in [-0.25, -0.2) is 4.79 Å². The molecule has 1 atom stereocenters. The Balaban J connectivity index is 1.65. The van der Waals surface area contributed by atoms with Gasteiger partial charge in [0.15, 0.2) is 0 Å². The summed E-state index contributed by atoms with van der Waals surface area (Å²) in [7, 11) is 0. The van der Waals surface area contributed by atoms with Gasteiger partial charge in [-0.15, -0.1) is 10.2 Å². The molecule has 0 bridgehead atoms. The van der Waals surface area contributed by atoms with Gasteiger partial charge < -0.3 is 14.6 Å². The first kappa shape index (κ1) is 17.5. The van der Waals surface area contributed by atoms with Crippen LogP contribution in [0.1, 0.15) is 30.5 Å². The summed E-state index contributed by atoms with van der Waals surface area (Å²) in [6.07, 6.45) is -3.47. The van der Waals surface area contributed by atoms with Crippen molar-refractivity contribution in [3.8, 4) is 0 Å². The Hall–Kier alpha value is -2.29. The molecule has 134 valence electrons. The topological polar surface area (TPSA) is 71.3 Å². The predicted molar refractivity (Wildman–Crippen MR) is 83.3 cm³/mol. The summed E-state index contributed by atoms with van der Waals surface area (Å²) in [4.78, 5) is 13.8. The highest BCUT2D eigenvalue weighted by atomic mass is 35.5. The molecular formula is C15H14ClF3N4O2. The number of hydrogen-bond donors (Lipinski definition) is 1. The maximum absolute atomic E-state index is 12.6. The van der Waals surface area contributed by atoms with Crippen LogP contribution in [0.25, 0.3) is 0 Å². The molecule has 0 radical (unpaired) electrons. The number of urea groups is 1. The largest absolute Gasteiger partial charge is 0.470 e. The molecule has 1 N–H and O–H groups in total. The maximum atomic E-state index is 12.6. The zero-order chi connectivity index (χ0) is 18.0. The van der Waals surface area contributed by atoms with Gasteiger partial charge in [0.2, 0.25) is 5.89 Å². The number of benzene rings is 1. The third kappa shape index (κ3) is 4.22. The van der Waals surface area contributed by atoms with E-state index in [1.807, 2.05) is 0 Å². The van der Waals surface area contributed by atoms with E-state index >= 15 is 0 Å². The van der Waals surface area contributed by atoms with Crippen LogP contribution in [-0.2, 0) is 6.18 Å². The fourth-order valence-corrected chi connectivity index (χ4v) is 2.74. The van der Waals surface area contributed by atoms with Gasteiger partial charge in [-0.1, -0.05) is 11.6 Å². The van der Waals surface area contributed by atoms with Crippen molar-refractivity contribution >= 4 is 23.3 Å². The first-order valence-corrected chi connectivity index (χ1v) is 7.93. The molecule has 1 saturated heterocycles. The number of aromatic nitrogens is 2. The average Bonchev–Trinajstić information content (AvgIpc) is 3.07. The van der Waals surface area contributed by atoms with Crippen LogP contribution in [0.3, 0.4) is 0 Å². The average molecular weight is 375 g/mol. The lowest BCUT2D eigenvalue weighted by atomic mass is 9.98. The number of hydrogen-bond acceptors (Lipinski definition) is 4. The third-order valence-corrected chi connectivity index (χ3v) is 4.09. The van der Waals surface area contributed by atoms with E-state index in [0.29, 0.717) is 30.1 Å². The van der Waals surface area contributed by atoms with Crippen LogP contribution in [0.15, 0.2) is 28.7 Å². The van der Waals surface area contributed by atoms with Gasteiger partial charge in [-0.3, -0.25) is 0 Å². The number of halogens is 4. The monoisotopic (exact) mass is 374 g/mol. The number of alkyl halides is 3. The Morgan fingerprint density at radius 3 is 2.64 bits per heavy atom. The van der Waals surface area contributed by atoms with Crippen molar-refractivity contribution in [3.05, 3.63) is 41.1 Å². The number of likely N-dealkylation sites (tertiary alicyclic amines) is 1. The summed E-state index contributed by atoms with van der Waals surface area (Å²) in [6, 6.07) is 6.27. The number of nitrogens with zero attached hydrogens (tertiary/aromatic N) is 3. The van der Waals surface area contributed by atoms with Crippen molar-refractivity contribution in [2.45, 2.75) is 24.9 Å². The molecule has 1 aromatic heterocycles. The Kier molecular flexibility index (Phi) is 4.85. The fraction of sp³-hybridized carbons (Fsp3) is 0.400. The normalized spacial score (nSPS) is 18.2. The minimum Gasteiger partial charge on any atom is -0.417 e. The molecule has 3 rings (SSSR count). The van der Waals surface area contributed by atoms with E-state index < -0.39 is 18.0 Å². The van der Waals surface area contributed by atoms with E-state index in [-0.39, 0.29) is 18.5 Å². The van der Waals surface area contributed by atoms with Crippen molar-refractivity contribution in [2.75, 3.05) is 18.4 Å². The van der Waals surface area contributed by atoms with Crippen molar-refractivity contribution in [1.82, 2.24) is 15.1 Å². The minimum atomic E-state index is -4.68. The second-order valence-corrected chi connectivity index (χ2v) is 6.10. The Morgan fingerprint density at radius 1 is 1.28 bits per heavy atom. The van der Waals surface area contributed by atoms with E-state index in [0.717, 1.165) is 0 Å². The molecule has 0 aliphatic carbocycles. The zero-order valence-electron chi connectivity index (χ0n) is 12.9. The Morgan fingerprint density at radius 2 is 2.00 bits per heavy atom. The molecule has 1 aliphatic rings. The summed E-state index contributed by atoms with van der Waals surface area (Å²) in [6.45, 7) is 0.703. The molecule has 1 unspecified atom stereocenters. The summed E-state index contributed by atoms with van der Waals surface area (Å²) >= 11 is 5.79. The smallest absolute Gasteiger partial charge is 0.417 e. The van der Waals surface area contributed by atoms with Gasteiger partial charge in [0.05, 0.1) is 5.92 Å². The van der Waals surface area contributed by atoms with Crippen molar-refractivity contribution < 1.29 is 22.4 Å². The van der Waals surface area contributed by atoms with E-state index in [9.17, 15) is 18.0 Å². The van der Waals surface area contributed by atoms with E-state index in [4.69, 9.17) is 16.0 Å². The molecule has 10 heteroatoms. The second-order valence-electron chi connectivity index (χ2n) is 5.67. The van der Waals surface area contributed by atoms with Gasteiger partial charge in [0, 0.05) is 23.8 Å². The van der Waals surface area contributed by atoms with Crippen molar-refractivity contribution in [3.63, 3.8) is 0 Å². The molecule has 25 heavy (non-hydrogen) atoms. The van der Waals surface area contributed by atoms with Crippen LogP contribution >= 0.6 is 11.6 Å². The van der Waals surface area contributed by atoms with E-state index in [1.165, 1.54) is 4.90 Å². The van der Waals surface area contributed by atoms with Gasteiger partial charge in [0.25, 0.3) is 0 Å². The van der Waals surface area contributed by atoms with Gasteiger partial charge in [-0.05, 0) is 37.1 Å². The highest BCUT2D eigenvalue weighted by Crippen LogP contribution is 2.32. The Bertz CT molecular complexity index is 748. The highest BCUT2D eigenvalue weighted by molar-refractivity contribution is 6.30. The molecule has 0 saturated carbocycles. The standard InChI is InChI=1S/C15H14ClF3N4O2/c16-10-3-5-11(6-4-10)20-14(24)23-7-1-2-9(8-23)12-21-22-13(25-12)15(17,18)19/h3-6,9H,1-2,7-8H2,(H,20,24). The molecular weight excluding hydrogens is 361 g/mol. The minimum absolute atomic E-state index is 0.101. The van der Waals surface area contributed by atoms with Crippen LogP contribution in [0.4, 0.5) is 23.7 Å². The lowest BCUT2D eigenvalue weighted by Crippen LogP contribution is -2.41. The number of amides is 2. The number of piperidine rings is 1. The Labute approximate surface area is 146 Å². The number of carbonyl (C=O) groups is 1. The third-order valence-electron chi connectivity index (χ3n) is 3.84. The van der Waals surface area contributed by atoms with Gasteiger partial charge in [-0.2, -0.15) is 13.2 Å². The lowest BCUT2D eigenvalue weighted by Gasteiger charge is -2.31. The molecule has 0 spiro atoms. The van der Waals surface area contributed by atoms with Gasteiger partial charge >= 0.3 is 18.1 Å². The van der Waals surface area contributed by atoms with Crippen LogP contribution in [0.2, 0.25) is 5.02 Å². The summed E-state index contributed by atoms with van der Waals surface area (Å²) in [5.74, 6) is -1.89. The number of nitrogens with one attached hydrogen (secondary N) is 1. The van der Waals surface area contributed by atoms with Crippen LogP contribution in [0, 0.1) is 0 Å². The molecule has 1 aromatic carbocycles. The lowest BCUT2D eigenvalue weighted by molar-refractivity contribution is -0.157. The summed E-state index contributed by atoms with van der Waals surface area (Å²) in [5, 5.41) is 9.79. The molecule has 2 amide bonds.